The van der Waals surface area contributed by atoms with E-state index in [0.717, 1.165) is 5.56 Å². The number of pyridine rings is 1. The Balaban J connectivity index is 1.61. The first-order chi connectivity index (χ1) is 12.6. The topological polar surface area (TPSA) is 92.2 Å². The van der Waals surface area contributed by atoms with Gasteiger partial charge in [-0.3, -0.25) is 4.79 Å². The van der Waals surface area contributed by atoms with Crippen LogP contribution in [-0.4, -0.2) is 41.1 Å². The maximum Gasteiger partial charge on any atom is 0.239 e. The molecule has 1 saturated heterocycles. The molecular formula is C19H19FN4O2. The summed E-state index contributed by atoms with van der Waals surface area (Å²) in [5, 5.41) is 9.05. The van der Waals surface area contributed by atoms with Crippen molar-refractivity contribution in [2.75, 3.05) is 13.1 Å². The molecule has 0 saturated carbocycles. The van der Waals surface area contributed by atoms with Crippen LogP contribution in [0.5, 0.6) is 11.6 Å². The minimum atomic E-state index is -0.951. The molecule has 3 rings (SSSR count). The molecule has 1 fully saturated rings. The maximum atomic E-state index is 13.2. The summed E-state index contributed by atoms with van der Waals surface area (Å²) in [4.78, 5) is 17.8. The zero-order chi connectivity index (χ0) is 18.5. The first kappa shape index (κ1) is 17.8. The number of hydrogen-bond donors (Lipinski definition) is 1. The van der Waals surface area contributed by atoms with Crippen LogP contribution in [0.15, 0.2) is 42.6 Å². The van der Waals surface area contributed by atoms with Gasteiger partial charge in [-0.2, -0.15) is 5.26 Å². The fraction of sp³-hybridized carbons (Fsp3) is 0.316. The minimum absolute atomic E-state index is 0.130. The lowest BCUT2D eigenvalue weighted by molar-refractivity contribution is -0.131. The lowest BCUT2D eigenvalue weighted by Gasteiger charge is -2.20. The Morgan fingerprint density at radius 2 is 2.19 bits per heavy atom. The van der Waals surface area contributed by atoms with Gasteiger partial charge < -0.3 is 15.4 Å². The zero-order valence-corrected chi connectivity index (χ0v) is 14.1. The Morgan fingerprint density at radius 1 is 1.42 bits per heavy atom. The van der Waals surface area contributed by atoms with Crippen molar-refractivity contribution in [2.24, 2.45) is 5.73 Å². The molecule has 1 aromatic carbocycles. The highest BCUT2D eigenvalue weighted by Gasteiger charge is 2.29. The molecule has 0 radical (unpaired) electrons. The van der Waals surface area contributed by atoms with E-state index in [1.54, 1.807) is 42.6 Å². The van der Waals surface area contributed by atoms with Crippen molar-refractivity contribution in [3.8, 4) is 17.7 Å². The molecule has 7 heteroatoms. The molecule has 0 spiro atoms. The van der Waals surface area contributed by atoms with Crippen LogP contribution >= 0.6 is 0 Å². The summed E-state index contributed by atoms with van der Waals surface area (Å²) in [5.74, 6) is 0.547. The van der Waals surface area contributed by atoms with E-state index in [1.807, 2.05) is 6.07 Å². The van der Waals surface area contributed by atoms with Gasteiger partial charge in [0.25, 0.3) is 0 Å². The highest BCUT2D eigenvalue weighted by molar-refractivity contribution is 5.82. The number of hydrogen-bond acceptors (Lipinski definition) is 5. The normalized spacial score (nSPS) is 17.6. The molecule has 2 aromatic rings. The van der Waals surface area contributed by atoms with E-state index in [9.17, 15) is 9.18 Å². The number of nitriles is 1. The number of alkyl halides is 1. The third-order valence-electron chi connectivity index (χ3n) is 4.24. The maximum absolute atomic E-state index is 13.2. The third kappa shape index (κ3) is 4.16. The molecule has 6 nitrogen and oxygen atoms in total. The average molecular weight is 354 g/mol. The van der Waals surface area contributed by atoms with Gasteiger partial charge in [0.2, 0.25) is 11.8 Å². The highest BCUT2D eigenvalue weighted by Crippen LogP contribution is 2.23. The van der Waals surface area contributed by atoms with E-state index < -0.39 is 12.2 Å². The van der Waals surface area contributed by atoms with Crippen LogP contribution in [0.3, 0.4) is 0 Å². The first-order valence-electron chi connectivity index (χ1n) is 8.37. The van der Waals surface area contributed by atoms with E-state index >= 15 is 0 Å². The number of carbonyl (C=O) groups is 1. The molecule has 2 unspecified atom stereocenters. The number of nitrogens with two attached hydrogens (primary N) is 1. The number of carbonyl (C=O) groups excluding carboxylic acids is 1. The van der Waals surface area contributed by atoms with Crippen molar-refractivity contribution >= 4 is 5.91 Å². The van der Waals surface area contributed by atoms with Crippen molar-refractivity contribution in [3.05, 3.63) is 53.7 Å². The minimum Gasteiger partial charge on any atom is -0.438 e. The molecule has 1 amide bonds. The summed E-state index contributed by atoms with van der Waals surface area (Å²) in [6, 6.07) is 11.7. The van der Waals surface area contributed by atoms with Crippen LogP contribution in [-0.2, 0) is 11.2 Å². The molecule has 134 valence electrons. The fourth-order valence-electron chi connectivity index (χ4n) is 2.86. The van der Waals surface area contributed by atoms with Gasteiger partial charge in [-0.25, -0.2) is 9.37 Å². The lowest BCUT2D eigenvalue weighted by Crippen LogP contribution is -2.44. The fourth-order valence-corrected chi connectivity index (χ4v) is 2.86. The molecule has 0 bridgehead atoms. The van der Waals surface area contributed by atoms with Crippen molar-refractivity contribution in [3.63, 3.8) is 0 Å². The van der Waals surface area contributed by atoms with Crippen LogP contribution in [0, 0.1) is 11.3 Å². The zero-order valence-electron chi connectivity index (χ0n) is 14.1. The second-order valence-electron chi connectivity index (χ2n) is 6.19. The Labute approximate surface area is 151 Å². The number of aromatic nitrogens is 1. The molecule has 2 atom stereocenters. The van der Waals surface area contributed by atoms with Gasteiger partial charge in [0, 0.05) is 12.7 Å². The van der Waals surface area contributed by atoms with Gasteiger partial charge in [0.05, 0.1) is 12.6 Å². The Kier molecular flexibility index (Phi) is 5.44. The van der Waals surface area contributed by atoms with Gasteiger partial charge in [0.15, 0.2) is 0 Å². The predicted molar refractivity (Wildman–Crippen MR) is 93.2 cm³/mol. The van der Waals surface area contributed by atoms with Crippen LogP contribution in [0.25, 0.3) is 0 Å². The Hall–Kier alpha value is -2.98. The smallest absolute Gasteiger partial charge is 0.239 e. The quantitative estimate of drug-likeness (QED) is 0.888. The van der Waals surface area contributed by atoms with Gasteiger partial charge in [-0.15, -0.1) is 0 Å². The third-order valence-corrected chi connectivity index (χ3v) is 4.24. The number of benzene rings is 1. The SMILES string of the molecule is N#Cc1cccnc1Oc1ccc(CC(N)C(=O)N2CCC(F)C2)cc1. The molecule has 0 aliphatic carbocycles. The average Bonchev–Trinajstić information content (AvgIpc) is 3.09. The van der Waals surface area contributed by atoms with Crippen molar-refractivity contribution in [2.45, 2.75) is 25.1 Å². The number of ether oxygens (including phenoxy) is 1. The van der Waals surface area contributed by atoms with Crippen molar-refractivity contribution in [1.29, 1.82) is 5.26 Å². The summed E-state index contributed by atoms with van der Waals surface area (Å²) in [6.45, 7) is 0.552. The standard InChI is InChI=1S/C19H19FN4O2/c20-15-7-9-24(12-15)19(25)17(22)10-13-3-5-16(6-4-13)26-18-14(11-21)2-1-8-23-18/h1-6,8,15,17H,7,9-10,12,22H2. The number of amides is 1. The van der Waals surface area contributed by atoms with Crippen molar-refractivity contribution in [1.82, 2.24) is 9.88 Å². The highest BCUT2D eigenvalue weighted by atomic mass is 19.1. The van der Waals surface area contributed by atoms with E-state index in [2.05, 4.69) is 4.98 Å². The summed E-state index contributed by atoms with van der Waals surface area (Å²) >= 11 is 0. The van der Waals surface area contributed by atoms with Crippen molar-refractivity contribution < 1.29 is 13.9 Å². The van der Waals surface area contributed by atoms with Crippen LogP contribution in [0.1, 0.15) is 17.5 Å². The summed E-state index contributed by atoms with van der Waals surface area (Å²) < 4.78 is 18.8. The number of nitrogens with zero attached hydrogens (tertiary/aromatic N) is 3. The Morgan fingerprint density at radius 3 is 2.85 bits per heavy atom. The van der Waals surface area contributed by atoms with E-state index in [1.165, 1.54) is 4.90 Å². The number of likely N-dealkylation sites (tertiary alicyclic amines) is 1. The molecule has 1 aromatic heterocycles. The van der Waals surface area contributed by atoms with Crippen LogP contribution in [0.4, 0.5) is 4.39 Å². The molecule has 1 aliphatic heterocycles. The van der Waals surface area contributed by atoms with Crippen LogP contribution < -0.4 is 10.5 Å². The number of rotatable bonds is 5. The predicted octanol–water partition coefficient (Wildman–Crippen LogP) is 2.19. The second-order valence-corrected chi connectivity index (χ2v) is 6.19. The molecular weight excluding hydrogens is 335 g/mol. The molecule has 1 aliphatic rings. The summed E-state index contributed by atoms with van der Waals surface area (Å²) in [5.41, 5.74) is 7.20. The molecule has 2 N–H and O–H groups in total. The van der Waals surface area contributed by atoms with Gasteiger partial charge in [0.1, 0.15) is 23.6 Å². The van der Waals surface area contributed by atoms with Gasteiger partial charge >= 0.3 is 0 Å². The van der Waals surface area contributed by atoms with E-state index in [0.29, 0.717) is 30.7 Å². The Bertz CT molecular complexity index is 819. The number of halogens is 1. The lowest BCUT2D eigenvalue weighted by atomic mass is 10.1. The second kappa shape index (κ2) is 7.93. The van der Waals surface area contributed by atoms with Gasteiger partial charge in [-0.05, 0) is 42.7 Å². The molecule has 2 heterocycles. The summed E-state index contributed by atoms with van der Waals surface area (Å²) in [7, 11) is 0. The molecule has 26 heavy (non-hydrogen) atoms. The monoisotopic (exact) mass is 354 g/mol. The summed E-state index contributed by atoms with van der Waals surface area (Å²) in [6.07, 6.45) is 1.34. The van der Waals surface area contributed by atoms with Gasteiger partial charge in [-0.1, -0.05) is 12.1 Å². The van der Waals surface area contributed by atoms with E-state index in [4.69, 9.17) is 15.7 Å². The first-order valence-corrected chi connectivity index (χ1v) is 8.37. The van der Waals surface area contributed by atoms with Crippen LogP contribution in [0.2, 0.25) is 0 Å². The van der Waals surface area contributed by atoms with E-state index in [-0.39, 0.29) is 18.3 Å². The largest absolute Gasteiger partial charge is 0.438 e.